The number of carbonyl (C=O) groups excluding carboxylic acids is 1. The molecule has 2 saturated carbocycles. The van der Waals surface area contributed by atoms with Gasteiger partial charge in [0.25, 0.3) is 0 Å². The standard InChI is InChI=1S/C18H22F2O/c19-17-10-7-15(11-18(17)20)14-3-1-12(2-4-14)13-5-8-16(21)9-6-13/h7,10-14H,1-6,8-9H2/i8D2,9D2. The predicted octanol–water partition coefficient (Wildman–Crippen LogP) is 5.00. The fourth-order valence-electron chi connectivity index (χ4n) is 3.61. The average molecular weight is 296 g/mol. The first-order valence-electron chi connectivity index (χ1n) is 9.60. The molecule has 0 heterocycles. The Morgan fingerprint density at radius 3 is 2.14 bits per heavy atom. The largest absolute Gasteiger partial charge is 0.300 e. The Morgan fingerprint density at radius 2 is 1.52 bits per heavy atom. The highest BCUT2D eigenvalue weighted by Crippen LogP contribution is 2.42. The summed E-state index contributed by atoms with van der Waals surface area (Å²) in [5.74, 6) is -2.48. The molecule has 0 atom stereocenters. The molecule has 21 heavy (non-hydrogen) atoms. The van der Waals surface area contributed by atoms with Crippen molar-refractivity contribution in [3.63, 3.8) is 0 Å². The van der Waals surface area contributed by atoms with Gasteiger partial charge in [0, 0.05) is 18.2 Å². The molecule has 1 nitrogen and oxygen atoms in total. The second-order valence-electron chi connectivity index (χ2n) is 6.14. The van der Waals surface area contributed by atoms with Gasteiger partial charge in [-0.2, -0.15) is 0 Å². The minimum absolute atomic E-state index is 0.0753. The lowest BCUT2D eigenvalue weighted by Crippen LogP contribution is -2.25. The first-order chi connectivity index (χ1) is 11.6. The van der Waals surface area contributed by atoms with Crippen molar-refractivity contribution in [2.75, 3.05) is 0 Å². The Morgan fingerprint density at radius 1 is 0.905 bits per heavy atom. The van der Waals surface area contributed by atoms with E-state index in [1.807, 2.05) is 0 Å². The Balaban J connectivity index is 1.66. The van der Waals surface area contributed by atoms with Gasteiger partial charge >= 0.3 is 0 Å². The molecule has 1 aromatic carbocycles. The van der Waals surface area contributed by atoms with Crippen LogP contribution < -0.4 is 0 Å². The third-order valence-electron chi connectivity index (χ3n) is 4.90. The molecule has 0 amide bonds. The van der Waals surface area contributed by atoms with E-state index in [2.05, 4.69) is 0 Å². The van der Waals surface area contributed by atoms with Crippen molar-refractivity contribution in [2.45, 2.75) is 57.2 Å². The summed E-state index contributed by atoms with van der Waals surface area (Å²) in [5, 5.41) is 0. The average Bonchev–Trinajstić information content (AvgIpc) is 2.55. The molecule has 3 rings (SSSR count). The second kappa shape index (κ2) is 6.25. The summed E-state index contributed by atoms with van der Waals surface area (Å²) in [6.45, 7) is 0. The Kier molecular flexibility index (Phi) is 3.12. The topological polar surface area (TPSA) is 17.1 Å². The van der Waals surface area contributed by atoms with Crippen LogP contribution in [0.25, 0.3) is 0 Å². The summed E-state index contributed by atoms with van der Waals surface area (Å²) in [6.07, 6.45) is -0.924. The van der Waals surface area contributed by atoms with Crippen LogP contribution in [0.2, 0.25) is 0 Å². The number of halogens is 2. The van der Waals surface area contributed by atoms with E-state index in [1.165, 1.54) is 6.07 Å². The van der Waals surface area contributed by atoms with Crippen molar-refractivity contribution in [1.82, 2.24) is 0 Å². The Labute approximate surface area is 130 Å². The van der Waals surface area contributed by atoms with Gasteiger partial charge in [-0.25, -0.2) is 8.78 Å². The second-order valence-corrected chi connectivity index (χ2v) is 6.14. The zero-order valence-electron chi connectivity index (χ0n) is 15.9. The molecule has 0 spiro atoms. The van der Waals surface area contributed by atoms with Gasteiger partial charge in [-0.1, -0.05) is 6.07 Å². The molecule has 0 saturated heterocycles. The van der Waals surface area contributed by atoms with E-state index in [0.29, 0.717) is 0 Å². The molecule has 0 N–H and O–H groups in total. The number of hydrogen-bond donors (Lipinski definition) is 0. The van der Waals surface area contributed by atoms with E-state index in [1.54, 1.807) is 6.07 Å². The SMILES string of the molecule is [2H]C1([2H])CC(C2CCC(c3ccc(F)c(F)c3)CC2)CC([2H])([2H])C1=O. The molecule has 0 aromatic heterocycles. The van der Waals surface area contributed by atoms with Gasteiger partial charge in [0.2, 0.25) is 0 Å². The minimum Gasteiger partial charge on any atom is -0.300 e. The van der Waals surface area contributed by atoms with Gasteiger partial charge in [-0.3, -0.25) is 4.79 Å². The van der Waals surface area contributed by atoms with E-state index < -0.39 is 30.2 Å². The third-order valence-corrected chi connectivity index (χ3v) is 4.90. The number of carbonyl (C=O) groups is 1. The number of hydrogen-bond acceptors (Lipinski definition) is 1. The zero-order valence-corrected chi connectivity index (χ0v) is 11.9. The van der Waals surface area contributed by atoms with Gasteiger partial charge in [0.1, 0.15) is 5.78 Å². The maximum absolute atomic E-state index is 13.4. The van der Waals surface area contributed by atoms with Crippen LogP contribution in [0.5, 0.6) is 0 Å². The van der Waals surface area contributed by atoms with Crippen LogP contribution in [0.4, 0.5) is 8.78 Å². The maximum atomic E-state index is 13.4. The molecule has 0 unspecified atom stereocenters. The van der Waals surface area contributed by atoms with Gasteiger partial charge in [-0.05, 0) is 74.0 Å². The fourth-order valence-corrected chi connectivity index (χ4v) is 3.61. The van der Waals surface area contributed by atoms with Gasteiger partial charge in [0.05, 0.1) is 0 Å². The molecule has 2 aliphatic carbocycles. The molecule has 2 aliphatic rings. The van der Waals surface area contributed by atoms with Crippen molar-refractivity contribution in [1.29, 1.82) is 0 Å². The first kappa shape index (κ1) is 10.5. The molecule has 2 fully saturated rings. The summed E-state index contributed by atoms with van der Waals surface area (Å²) in [5.41, 5.74) is 0.779. The normalized spacial score (nSPS) is 35.4. The van der Waals surface area contributed by atoms with E-state index in [9.17, 15) is 13.6 Å². The van der Waals surface area contributed by atoms with Crippen LogP contribution in [0.15, 0.2) is 18.2 Å². The third kappa shape index (κ3) is 3.33. The fraction of sp³-hybridized carbons (Fsp3) is 0.611. The summed E-state index contributed by atoms with van der Waals surface area (Å²) in [4.78, 5) is 11.9. The summed E-state index contributed by atoms with van der Waals surface area (Å²) < 4.78 is 57.9. The molecular weight excluding hydrogens is 270 g/mol. The molecule has 0 bridgehead atoms. The predicted molar refractivity (Wildman–Crippen MR) is 78.0 cm³/mol. The van der Waals surface area contributed by atoms with Crippen molar-refractivity contribution in [3.05, 3.63) is 35.4 Å². The molecular formula is C18H22F2O. The lowest BCUT2D eigenvalue weighted by atomic mass is 9.70. The molecule has 114 valence electrons. The van der Waals surface area contributed by atoms with E-state index in [-0.39, 0.29) is 30.6 Å². The Hall–Kier alpha value is -1.25. The van der Waals surface area contributed by atoms with Gasteiger partial charge in [-0.15, -0.1) is 0 Å². The van der Waals surface area contributed by atoms with Crippen molar-refractivity contribution in [3.8, 4) is 0 Å². The first-order valence-corrected chi connectivity index (χ1v) is 7.60. The minimum atomic E-state index is -2.11. The lowest BCUT2D eigenvalue weighted by Gasteiger charge is -2.35. The summed E-state index contributed by atoms with van der Waals surface area (Å²) in [7, 11) is 0. The molecule has 0 aliphatic heterocycles. The summed E-state index contributed by atoms with van der Waals surface area (Å²) >= 11 is 0. The molecule has 1 aromatic rings. The van der Waals surface area contributed by atoms with Crippen molar-refractivity contribution in [2.24, 2.45) is 11.8 Å². The highest BCUT2D eigenvalue weighted by atomic mass is 19.2. The number of benzene rings is 1. The smallest absolute Gasteiger partial charge is 0.159 e. The monoisotopic (exact) mass is 296 g/mol. The zero-order chi connectivity index (χ0) is 18.4. The van der Waals surface area contributed by atoms with E-state index in [0.717, 1.165) is 37.3 Å². The van der Waals surface area contributed by atoms with Gasteiger partial charge in [0.15, 0.2) is 11.6 Å². The highest BCUT2D eigenvalue weighted by molar-refractivity contribution is 5.79. The van der Waals surface area contributed by atoms with Crippen LogP contribution in [-0.2, 0) is 4.79 Å². The van der Waals surface area contributed by atoms with Crippen LogP contribution >= 0.6 is 0 Å². The lowest BCUT2D eigenvalue weighted by molar-refractivity contribution is -0.121. The van der Waals surface area contributed by atoms with Crippen LogP contribution in [0, 0.1) is 23.5 Å². The number of ketones is 1. The maximum Gasteiger partial charge on any atom is 0.159 e. The highest BCUT2D eigenvalue weighted by Gasteiger charge is 2.30. The summed E-state index contributed by atoms with van der Waals surface area (Å²) in [6, 6.07) is 4.00. The number of Topliss-reactive ketones (excluding diaryl/α,β-unsaturated/α-hetero) is 1. The Bertz CT molecular complexity index is 649. The molecule has 3 heteroatoms. The van der Waals surface area contributed by atoms with E-state index >= 15 is 0 Å². The van der Waals surface area contributed by atoms with Crippen LogP contribution in [0.3, 0.4) is 0 Å². The van der Waals surface area contributed by atoms with Crippen molar-refractivity contribution >= 4 is 5.78 Å². The quantitative estimate of drug-likeness (QED) is 0.750. The van der Waals surface area contributed by atoms with E-state index in [4.69, 9.17) is 5.48 Å². The van der Waals surface area contributed by atoms with Crippen LogP contribution in [0.1, 0.15) is 68.2 Å². The van der Waals surface area contributed by atoms with Crippen molar-refractivity contribution < 1.29 is 19.1 Å². The molecule has 0 radical (unpaired) electrons. The number of rotatable bonds is 2. The van der Waals surface area contributed by atoms with Gasteiger partial charge < -0.3 is 0 Å². The van der Waals surface area contributed by atoms with Crippen LogP contribution in [-0.4, -0.2) is 5.78 Å².